The van der Waals surface area contributed by atoms with E-state index in [1.165, 1.54) is 0 Å². The summed E-state index contributed by atoms with van der Waals surface area (Å²) in [6.07, 6.45) is -0.00692. The Balaban J connectivity index is 3.33. The first-order chi connectivity index (χ1) is 7.51. The van der Waals surface area contributed by atoms with Crippen LogP contribution in [-0.4, -0.2) is 25.3 Å². The molecule has 4 heteroatoms. The van der Waals surface area contributed by atoms with E-state index in [1.54, 1.807) is 14.2 Å². The van der Waals surface area contributed by atoms with E-state index in [0.29, 0.717) is 11.5 Å². The molecule has 0 fully saturated rings. The maximum Gasteiger partial charge on any atom is 0.307 e. The van der Waals surface area contributed by atoms with Crippen LogP contribution in [0.2, 0.25) is 0 Å². The number of carboxylic acid groups (broad SMARTS) is 1. The summed E-state index contributed by atoms with van der Waals surface area (Å²) in [7, 11) is 3.12. The molecule has 16 heavy (non-hydrogen) atoms. The molecule has 0 amide bonds. The van der Waals surface area contributed by atoms with Gasteiger partial charge in [0.25, 0.3) is 0 Å². The van der Waals surface area contributed by atoms with E-state index >= 15 is 0 Å². The average molecular weight is 224 g/mol. The van der Waals surface area contributed by atoms with Gasteiger partial charge in [-0.15, -0.1) is 0 Å². The lowest BCUT2D eigenvalue weighted by molar-refractivity contribution is -0.136. The van der Waals surface area contributed by atoms with E-state index in [2.05, 4.69) is 0 Å². The minimum Gasteiger partial charge on any atom is -0.493 e. The first-order valence-corrected chi connectivity index (χ1v) is 4.94. The van der Waals surface area contributed by atoms with Crippen LogP contribution in [0.15, 0.2) is 6.07 Å². The molecule has 0 radical (unpaired) electrons. The highest BCUT2D eigenvalue weighted by Crippen LogP contribution is 2.36. The number of benzene rings is 1. The smallest absolute Gasteiger partial charge is 0.307 e. The lowest BCUT2D eigenvalue weighted by Crippen LogP contribution is -2.05. The summed E-state index contributed by atoms with van der Waals surface area (Å²) in [6, 6.07) is 1.82. The maximum atomic E-state index is 10.7. The van der Waals surface area contributed by atoms with Crippen molar-refractivity contribution in [3.8, 4) is 11.5 Å². The molecule has 1 N–H and O–H groups in total. The molecule has 1 aromatic rings. The number of hydrogen-bond donors (Lipinski definition) is 1. The van der Waals surface area contributed by atoms with E-state index in [4.69, 9.17) is 14.6 Å². The summed E-state index contributed by atoms with van der Waals surface area (Å²) in [5.74, 6) is 0.419. The van der Waals surface area contributed by atoms with Crippen LogP contribution in [0.3, 0.4) is 0 Å². The molecule has 0 atom stereocenters. The lowest BCUT2D eigenvalue weighted by Gasteiger charge is -2.16. The second kappa shape index (κ2) is 4.88. The molecule has 0 aliphatic heterocycles. The Morgan fingerprint density at radius 3 is 2.25 bits per heavy atom. The number of aliphatic carboxylic acids is 1. The van der Waals surface area contributed by atoms with Crippen LogP contribution in [0.1, 0.15) is 16.7 Å². The third-order valence-electron chi connectivity index (χ3n) is 2.53. The number of aryl methyl sites for hydroxylation is 1. The van der Waals surface area contributed by atoms with Gasteiger partial charge >= 0.3 is 5.97 Å². The number of carbonyl (C=O) groups is 1. The molecule has 0 aliphatic carbocycles. The van der Waals surface area contributed by atoms with Gasteiger partial charge in [-0.3, -0.25) is 4.79 Å². The zero-order valence-electron chi connectivity index (χ0n) is 9.96. The average Bonchev–Trinajstić information content (AvgIpc) is 2.21. The predicted octanol–water partition coefficient (Wildman–Crippen LogP) is 1.95. The first kappa shape index (κ1) is 12.4. The molecule has 0 heterocycles. The Kier molecular flexibility index (Phi) is 3.77. The minimum atomic E-state index is -0.852. The molecule has 1 aromatic carbocycles. The molecule has 88 valence electrons. The lowest BCUT2D eigenvalue weighted by atomic mass is 10.0. The molecule has 0 aliphatic rings. The predicted molar refractivity (Wildman–Crippen MR) is 60.4 cm³/mol. The van der Waals surface area contributed by atoms with Crippen LogP contribution in [0.25, 0.3) is 0 Å². The van der Waals surface area contributed by atoms with Gasteiger partial charge < -0.3 is 14.6 Å². The van der Waals surface area contributed by atoms with Crippen molar-refractivity contribution in [2.24, 2.45) is 0 Å². The van der Waals surface area contributed by atoms with Crippen LogP contribution >= 0.6 is 0 Å². The van der Waals surface area contributed by atoms with Crippen molar-refractivity contribution in [2.75, 3.05) is 14.2 Å². The highest BCUT2D eigenvalue weighted by Gasteiger charge is 2.16. The summed E-state index contributed by atoms with van der Waals surface area (Å²) in [5.41, 5.74) is 2.44. The first-order valence-electron chi connectivity index (χ1n) is 4.94. The van der Waals surface area contributed by atoms with Gasteiger partial charge in [-0.25, -0.2) is 0 Å². The third-order valence-corrected chi connectivity index (χ3v) is 2.53. The summed E-state index contributed by atoms with van der Waals surface area (Å²) in [4.78, 5) is 10.7. The Hall–Kier alpha value is -1.71. The van der Waals surface area contributed by atoms with Crippen molar-refractivity contribution in [1.29, 1.82) is 0 Å². The van der Waals surface area contributed by atoms with Gasteiger partial charge in [-0.1, -0.05) is 6.07 Å². The van der Waals surface area contributed by atoms with Crippen molar-refractivity contribution in [2.45, 2.75) is 20.3 Å². The fourth-order valence-electron chi connectivity index (χ4n) is 1.78. The number of carboxylic acids is 1. The van der Waals surface area contributed by atoms with Gasteiger partial charge in [0, 0.05) is 0 Å². The molecule has 1 rings (SSSR count). The largest absolute Gasteiger partial charge is 0.493 e. The van der Waals surface area contributed by atoms with E-state index in [1.807, 2.05) is 19.9 Å². The van der Waals surface area contributed by atoms with E-state index < -0.39 is 5.97 Å². The number of ether oxygens (including phenoxy) is 2. The molecule has 0 bridgehead atoms. The Morgan fingerprint density at radius 1 is 1.25 bits per heavy atom. The Bertz CT molecular complexity index is 410. The van der Waals surface area contributed by atoms with E-state index in [0.717, 1.165) is 16.7 Å². The standard InChI is InChI=1S/C12H16O4/c1-7-5-9(6-10(13)14)8(2)12(16-4)11(7)15-3/h5H,6H2,1-4H3,(H,13,14). The van der Waals surface area contributed by atoms with Crippen LogP contribution in [0, 0.1) is 13.8 Å². The van der Waals surface area contributed by atoms with Gasteiger partial charge in [-0.05, 0) is 30.5 Å². The van der Waals surface area contributed by atoms with Crippen LogP contribution in [-0.2, 0) is 11.2 Å². The van der Waals surface area contributed by atoms with Crippen LogP contribution < -0.4 is 9.47 Å². The summed E-state index contributed by atoms with van der Waals surface area (Å²) < 4.78 is 10.5. The molecule has 0 spiro atoms. The Labute approximate surface area is 94.8 Å². The molecule has 0 unspecified atom stereocenters. The molecule has 0 saturated heterocycles. The Morgan fingerprint density at radius 2 is 1.81 bits per heavy atom. The molecular formula is C12H16O4. The summed E-state index contributed by atoms with van der Waals surface area (Å²) in [6.45, 7) is 3.70. The van der Waals surface area contributed by atoms with Crippen LogP contribution in [0.5, 0.6) is 11.5 Å². The molecule has 0 saturated carbocycles. The third kappa shape index (κ3) is 2.27. The zero-order valence-corrected chi connectivity index (χ0v) is 9.96. The van der Waals surface area contributed by atoms with Gasteiger partial charge in [0.15, 0.2) is 11.5 Å². The second-order valence-corrected chi connectivity index (χ2v) is 3.61. The number of methoxy groups -OCH3 is 2. The van der Waals surface area contributed by atoms with Crippen molar-refractivity contribution in [3.63, 3.8) is 0 Å². The fraction of sp³-hybridized carbons (Fsp3) is 0.417. The van der Waals surface area contributed by atoms with Gasteiger partial charge in [0.1, 0.15) is 0 Å². The molecular weight excluding hydrogens is 208 g/mol. The van der Waals surface area contributed by atoms with Gasteiger partial charge in [0.2, 0.25) is 0 Å². The SMILES string of the molecule is COc1c(C)cc(CC(=O)O)c(C)c1OC. The minimum absolute atomic E-state index is 0.00692. The highest BCUT2D eigenvalue weighted by molar-refractivity contribution is 5.72. The van der Waals surface area contributed by atoms with Crippen molar-refractivity contribution >= 4 is 5.97 Å². The molecule has 0 aromatic heterocycles. The van der Waals surface area contributed by atoms with Gasteiger partial charge in [-0.2, -0.15) is 0 Å². The monoisotopic (exact) mass is 224 g/mol. The second-order valence-electron chi connectivity index (χ2n) is 3.61. The summed E-state index contributed by atoms with van der Waals surface area (Å²) >= 11 is 0. The van der Waals surface area contributed by atoms with Gasteiger partial charge in [0.05, 0.1) is 20.6 Å². The van der Waals surface area contributed by atoms with E-state index in [-0.39, 0.29) is 6.42 Å². The maximum absolute atomic E-state index is 10.7. The number of hydrogen-bond acceptors (Lipinski definition) is 3. The van der Waals surface area contributed by atoms with Crippen LogP contribution in [0.4, 0.5) is 0 Å². The normalized spacial score (nSPS) is 10.0. The summed E-state index contributed by atoms with van der Waals surface area (Å²) in [5, 5.41) is 8.80. The molecule has 4 nitrogen and oxygen atoms in total. The highest BCUT2D eigenvalue weighted by atomic mass is 16.5. The zero-order chi connectivity index (χ0) is 12.3. The topological polar surface area (TPSA) is 55.8 Å². The van der Waals surface area contributed by atoms with E-state index in [9.17, 15) is 4.79 Å². The van der Waals surface area contributed by atoms with Crippen molar-refractivity contribution < 1.29 is 19.4 Å². The van der Waals surface area contributed by atoms with Crippen molar-refractivity contribution in [1.82, 2.24) is 0 Å². The van der Waals surface area contributed by atoms with Crippen molar-refractivity contribution in [3.05, 3.63) is 22.8 Å². The quantitative estimate of drug-likeness (QED) is 0.849. The number of rotatable bonds is 4. The fourth-order valence-corrected chi connectivity index (χ4v) is 1.78.